The standard InChI is InChI=1S/C20H22ClN3O3/c1-14-2-3-15(21)12-17(14)22-20(25)24-8-6-23(7-9-24)16-4-5-18-19(13-16)27-11-10-26-18/h2-5,12-13H,6-11H2,1H3,(H,22,25). The molecule has 1 N–H and O–H groups in total. The second-order valence-electron chi connectivity index (χ2n) is 6.69. The largest absolute Gasteiger partial charge is 0.486 e. The lowest BCUT2D eigenvalue weighted by molar-refractivity contribution is 0.171. The summed E-state index contributed by atoms with van der Waals surface area (Å²) in [5.41, 5.74) is 2.83. The van der Waals surface area contributed by atoms with Crippen molar-refractivity contribution in [2.24, 2.45) is 0 Å². The van der Waals surface area contributed by atoms with Gasteiger partial charge in [0.2, 0.25) is 0 Å². The molecule has 0 radical (unpaired) electrons. The van der Waals surface area contributed by atoms with Crippen molar-refractivity contribution in [1.29, 1.82) is 0 Å². The van der Waals surface area contributed by atoms with Crippen LogP contribution in [0.3, 0.4) is 0 Å². The predicted molar refractivity (Wildman–Crippen MR) is 106 cm³/mol. The first-order valence-corrected chi connectivity index (χ1v) is 9.44. The molecule has 0 aromatic heterocycles. The van der Waals surface area contributed by atoms with Crippen molar-refractivity contribution in [3.05, 3.63) is 47.0 Å². The Hall–Kier alpha value is -2.60. The number of halogens is 1. The van der Waals surface area contributed by atoms with E-state index in [1.165, 1.54) is 0 Å². The van der Waals surface area contributed by atoms with Crippen LogP contribution in [-0.4, -0.2) is 50.3 Å². The van der Waals surface area contributed by atoms with E-state index in [0.29, 0.717) is 31.3 Å². The number of piperazine rings is 1. The zero-order valence-electron chi connectivity index (χ0n) is 15.2. The van der Waals surface area contributed by atoms with Crippen molar-refractivity contribution >= 4 is 29.0 Å². The van der Waals surface area contributed by atoms with Crippen LogP contribution in [0.25, 0.3) is 0 Å². The molecule has 27 heavy (non-hydrogen) atoms. The van der Waals surface area contributed by atoms with Crippen molar-refractivity contribution in [2.45, 2.75) is 6.92 Å². The van der Waals surface area contributed by atoms with Crippen LogP contribution >= 0.6 is 11.6 Å². The second-order valence-corrected chi connectivity index (χ2v) is 7.13. The van der Waals surface area contributed by atoms with Gasteiger partial charge in [-0.05, 0) is 36.8 Å². The lowest BCUT2D eigenvalue weighted by Gasteiger charge is -2.36. The van der Waals surface area contributed by atoms with Gasteiger partial charge in [0, 0.05) is 48.6 Å². The topological polar surface area (TPSA) is 54.0 Å². The first-order chi connectivity index (χ1) is 13.1. The number of nitrogens with zero attached hydrogens (tertiary/aromatic N) is 2. The van der Waals surface area contributed by atoms with Gasteiger partial charge >= 0.3 is 6.03 Å². The van der Waals surface area contributed by atoms with Gasteiger partial charge in [-0.2, -0.15) is 0 Å². The Morgan fingerprint density at radius 1 is 1.00 bits per heavy atom. The lowest BCUT2D eigenvalue weighted by Crippen LogP contribution is -2.50. The molecule has 1 saturated heterocycles. The summed E-state index contributed by atoms with van der Waals surface area (Å²) in [5.74, 6) is 1.58. The molecule has 0 aliphatic carbocycles. The van der Waals surface area contributed by atoms with E-state index in [1.54, 1.807) is 6.07 Å². The zero-order valence-corrected chi connectivity index (χ0v) is 16.0. The Morgan fingerprint density at radius 2 is 1.74 bits per heavy atom. The number of hydrogen-bond donors (Lipinski definition) is 1. The van der Waals surface area contributed by atoms with Crippen LogP contribution in [0.1, 0.15) is 5.56 Å². The molecule has 0 unspecified atom stereocenters. The molecule has 142 valence electrons. The summed E-state index contributed by atoms with van der Waals surface area (Å²) < 4.78 is 11.2. The number of amides is 2. The minimum atomic E-state index is -0.0952. The number of aryl methyl sites for hydroxylation is 1. The Morgan fingerprint density at radius 3 is 2.52 bits per heavy atom. The summed E-state index contributed by atoms with van der Waals surface area (Å²) in [7, 11) is 0. The fourth-order valence-corrected chi connectivity index (χ4v) is 3.49. The first-order valence-electron chi connectivity index (χ1n) is 9.07. The smallest absolute Gasteiger partial charge is 0.321 e. The highest BCUT2D eigenvalue weighted by Gasteiger charge is 2.23. The van der Waals surface area contributed by atoms with Gasteiger partial charge in [-0.1, -0.05) is 17.7 Å². The number of rotatable bonds is 2. The average molecular weight is 388 g/mol. The Labute approximate surface area is 163 Å². The van der Waals surface area contributed by atoms with Gasteiger partial charge in [0.25, 0.3) is 0 Å². The highest BCUT2D eigenvalue weighted by molar-refractivity contribution is 6.31. The lowest BCUT2D eigenvalue weighted by atomic mass is 10.2. The number of anilines is 2. The summed E-state index contributed by atoms with van der Waals surface area (Å²) in [4.78, 5) is 16.7. The summed E-state index contributed by atoms with van der Waals surface area (Å²) in [6.45, 7) is 5.95. The molecular formula is C20H22ClN3O3. The van der Waals surface area contributed by atoms with E-state index in [-0.39, 0.29) is 6.03 Å². The van der Waals surface area contributed by atoms with E-state index in [9.17, 15) is 4.79 Å². The number of hydrogen-bond acceptors (Lipinski definition) is 4. The number of urea groups is 1. The van der Waals surface area contributed by atoms with Crippen LogP contribution in [0.5, 0.6) is 11.5 Å². The maximum absolute atomic E-state index is 12.6. The summed E-state index contributed by atoms with van der Waals surface area (Å²) in [5, 5.41) is 3.57. The second kappa shape index (κ2) is 7.56. The van der Waals surface area contributed by atoms with Gasteiger partial charge in [-0.3, -0.25) is 0 Å². The Kier molecular flexibility index (Phi) is 4.99. The molecule has 2 aromatic rings. The highest BCUT2D eigenvalue weighted by atomic mass is 35.5. The van der Waals surface area contributed by atoms with Crippen molar-refractivity contribution in [2.75, 3.05) is 49.6 Å². The molecule has 4 rings (SSSR count). The number of fused-ring (bicyclic) bond motifs is 1. The van der Waals surface area contributed by atoms with Gasteiger partial charge < -0.3 is 24.6 Å². The van der Waals surface area contributed by atoms with Crippen LogP contribution in [0.4, 0.5) is 16.2 Å². The average Bonchev–Trinajstić information content (AvgIpc) is 2.70. The van der Waals surface area contributed by atoms with Gasteiger partial charge in [0.1, 0.15) is 13.2 Å². The van der Waals surface area contributed by atoms with Gasteiger partial charge in [-0.15, -0.1) is 0 Å². The molecule has 0 saturated carbocycles. The van der Waals surface area contributed by atoms with Crippen molar-refractivity contribution in [3.63, 3.8) is 0 Å². The molecule has 2 aromatic carbocycles. The number of ether oxygens (including phenoxy) is 2. The molecule has 0 atom stereocenters. The summed E-state index contributed by atoms with van der Waals surface area (Å²) in [6, 6.07) is 11.4. The molecule has 6 nitrogen and oxygen atoms in total. The van der Waals surface area contributed by atoms with Crippen LogP contribution in [0.15, 0.2) is 36.4 Å². The Balaban J connectivity index is 1.37. The third-order valence-electron chi connectivity index (χ3n) is 4.90. The van der Waals surface area contributed by atoms with Crippen molar-refractivity contribution in [3.8, 4) is 11.5 Å². The van der Waals surface area contributed by atoms with E-state index < -0.39 is 0 Å². The molecule has 0 spiro atoms. The van der Waals surface area contributed by atoms with E-state index in [0.717, 1.165) is 41.5 Å². The Bertz CT molecular complexity index is 850. The maximum atomic E-state index is 12.6. The van der Waals surface area contributed by atoms with Crippen LogP contribution in [0.2, 0.25) is 5.02 Å². The molecule has 1 fully saturated rings. The maximum Gasteiger partial charge on any atom is 0.321 e. The third kappa shape index (κ3) is 3.90. The minimum absolute atomic E-state index is 0.0952. The monoisotopic (exact) mass is 387 g/mol. The molecular weight excluding hydrogens is 366 g/mol. The molecule has 7 heteroatoms. The van der Waals surface area contributed by atoms with Crippen molar-refractivity contribution in [1.82, 2.24) is 4.90 Å². The molecule has 2 aliphatic heterocycles. The number of carbonyl (C=O) groups is 1. The fraction of sp³-hybridized carbons (Fsp3) is 0.350. The van der Waals surface area contributed by atoms with Crippen molar-refractivity contribution < 1.29 is 14.3 Å². The summed E-state index contributed by atoms with van der Waals surface area (Å²) in [6.07, 6.45) is 0. The van der Waals surface area contributed by atoms with E-state index in [4.69, 9.17) is 21.1 Å². The molecule has 2 heterocycles. The van der Waals surface area contributed by atoms with Crippen LogP contribution in [0, 0.1) is 6.92 Å². The quantitative estimate of drug-likeness (QED) is 0.852. The number of nitrogens with one attached hydrogen (secondary N) is 1. The van der Waals surface area contributed by atoms with Gasteiger partial charge in [0.15, 0.2) is 11.5 Å². The molecule has 2 aliphatic rings. The third-order valence-corrected chi connectivity index (χ3v) is 5.13. The zero-order chi connectivity index (χ0) is 18.8. The molecule has 0 bridgehead atoms. The van der Waals surface area contributed by atoms with Gasteiger partial charge in [0.05, 0.1) is 0 Å². The SMILES string of the molecule is Cc1ccc(Cl)cc1NC(=O)N1CCN(c2ccc3c(c2)OCCO3)CC1. The fourth-order valence-electron chi connectivity index (χ4n) is 3.32. The van der Waals surface area contributed by atoms with E-state index >= 15 is 0 Å². The van der Waals surface area contributed by atoms with E-state index in [1.807, 2.05) is 42.2 Å². The summed E-state index contributed by atoms with van der Waals surface area (Å²) >= 11 is 6.03. The highest BCUT2D eigenvalue weighted by Crippen LogP contribution is 2.34. The normalized spacial score (nSPS) is 16.2. The van der Waals surface area contributed by atoms with Crippen LogP contribution < -0.4 is 19.7 Å². The van der Waals surface area contributed by atoms with Crippen LogP contribution in [-0.2, 0) is 0 Å². The predicted octanol–water partition coefficient (Wildman–Crippen LogP) is 3.77. The number of carbonyl (C=O) groups excluding carboxylic acids is 1. The molecule has 2 amide bonds. The van der Waals surface area contributed by atoms with E-state index in [2.05, 4.69) is 10.2 Å². The number of benzene rings is 2. The first kappa shape index (κ1) is 17.8. The minimum Gasteiger partial charge on any atom is -0.486 e. The van der Waals surface area contributed by atoms with Gasteiger partial charge in [-0.25, -0.2) is 4.79 Å².